The maximum atomic E-state index is 12.7. The Morgan fingerprint density at radius 3 is 2.15 bits per heavy atom. The number of nitrogens with zero attached hydrogens (tertiary/aromatic N) is 1. The van der Waals surface area contributed by atoms with Gasteiger partial charge in [-0.1, -0.05) is 24.3 Å². The Labute approximate surface area is 151 Å². The lowest BCUT2D eigenvalue weighted by Gasteiger charge is -2.28. The molecule has 0 spiro atoms. The maximum Gasteiger partial charge on any atom is 0.262 e. The third-order valence-corrected chi connectivity index (χ3v) is 5.34. The van der Waals surface area contributed by atoms with Crippen molar-refractivity contribution >= 4 is 17.6 Å². The summed E-state index contributed by atoms with van der Waals surface area (Å²) < 4.78 is 5.53. The van der Waals surface area contributed by atoms with Crippen molar-refractivity contribution < 1.29 is 19.1 Å². The van der Waals surface area contributed by atoms with Crippen LogP contribution in [0.25, 0.3) is 0 Å². The average Bonchev–Trinajstić information content (AvgIpc) is 2.89. The first-order valence-electron chi connectivity index (χ1n) is 8.67. The average molecular weight is 349 g/mol. The van der Waals surface area contributed by atoms with E-state index in [0.717, 1.165) is 11.1 Å². The number of ketones is 1. The molecule has 5 nitrogen and oxygen atoms in total. The fraction of sp³-hybridized carbons (Fsp3) is 0.286. The molecule has 0 unspecified atom stereocenters. The molecule has 1 saturated carbocycles. The number of methoxy groups -OCH3 is 1. The molecule has 2 aromatic rings. The van der Waals surface area contributed by atoms with Gasteiger partial charge in [0.2, 0.25) is 0 Å². The minimum absolute atomic E-state index is 0.236. The molecule has 1 aliphatic carbocycles. The molecule has 1 aliphatic heterocycles. The van der Waals surface area contributed by atoms with E-state index >= 15 is 0 Å². The Kier molecular flexibility index (Phi) is 3.87. The molecule has 0 bridgehead atoms. The summed E-state index contributed by atoms with van der Waals surface area (Å²) in [5, 5.41) is 0. The summed E-state index contributed by atoms with van der Waals surface area (Å²) in [6, 6.07) is 12.2. The van der Waals surface area contributed by atoms with E-state index < -0.39 is 6.04 Å². The quantitative estimate of drug-likeness (QED) is 0.793. The number of imide groups is 1. The van der Waals surface area contributed by atoms with Crippen LogP contribution in [0, 0.1) is 0 Å². The highest BCUT2D eigenvalue weighted by atomic mass is 16.5. The normalized spacial score (nSPS) is 17.9. The summed E-state index contributed by atoms with van der Waals surface area (Å²) in [6.45, 7) is 1.83. The third kappa shape index (κ3) is 2.43. The van der Waals surface area contributed by atoms with E-state index in [1.165, 1.54) is 4.90 Å². The standard InChI is InChI=1S/C21H19NO4/c1-12(22-20(24)17-5-3-4-6-18(17)21(22)25)16-8-7-13(11-19(16)26-2)14-9-15(23)10-14/h3-8,11-12,14H,9-10H2,1-2H3/t12-/m0/s1. The van der Waals surface area contributed by atoms with E-state index in [4.69, 9.17) is 4.74 Å². The van der Waals surface area contributed by atoms with Crippen LogP contribution in [0.5, 0.6) is 5.75 Å². The number of Topliss-reactive ketones (excluding diaryl/α,β-unsaturated/α-hetero) is 1. The second-order valence-electron chi connectivity index (χ2n) is 6.85. The van der Waals surface area contributed by atoms with Gasteiger partial charge in [-0.25, -0.2) is 0 Å². The lowest BCUT2D eigenvalue weighted by molar-refractivity contribution is -0.124. The van der Waals surface area contributed by atoms with E-state index in [9.17, 15) is 14.4 Å². The van der Waals surface area contributed by atoms with E-state index in [2.05, 4.69) is 0 Å². The van der Waals surface area contributed by atoms with Crippen LogP contribution in [0.15, 0.2) is 42.5 Å². The van der Waals surface area contributed by atoms with Gasteiger partial charge in [0.15, 0.2) is 0 Å². The second-order valence-corrected chi connectivity index (χ2v) is 6.85. The van der Waals surface area contributed by atoms with E-state index in [0.29, 0.717) is 29.7 Å². The van der Waals surface area contributed by atoms with Crippen LogP contribution in [0.3, 0.4) is 0 Å². The smallest absolute Gasteiger partial charge is 0.262 e. The summed E-state index contributed by atoms with van der Waals surface area (Å²) in [6.07, 6.45) is 1.13. The highest BCUT2D eigenvalue weighted by Crippen LogP contribution is 2.39. The summed E-state index contributed by atoms with van der Waals surface area (Å²) in [4.78, 5) is 38.0. The van der Waals surface area contributed by atoms with Crippen molar-refractivity contribution in [2.45, 2.75) is 31.7 Å². The predicted octanol–water partition coefficient (Wildman–Crippen LogP) is 3.50. The lowest BCUT2D eigenvalue weighted by Crippen LogP contribution is -2.32. The number of carbonyl (C=O) groups excluding carboxylic acids is 3. The molecule has 5 heteroatoms. The van der Waals surface area contributed by atoms with Gasteiger partial charge >= 0.3 is 0 Å². The summed E-state index contributed by atoms with van der Waals surface area (Å²) in [7, 11) is 1.57. The van der Waals surface area contributed by atoms with Crippen molar-refractivity contribution in [1.29, 1.82) is 0 Å². The van der Waals surface area contributed by atoms with E-state index in [1.807, 2.05) is 25.1 Å². The molecule has 0 radical (unpaired) electrons. The number of carbonyl (C=O) groups is 3. The number of rotatable bonds is 4. The van der Waals surface area contributed by atoms with Gasteiger partial charge in [-0.3, -0.25) is 19.3 Å². The SMILES string of the molecule is COc1cc(C2CC(=O)C2)ccc1[C@H](C)N1C(=O)c2ccccc2C1=O. The summed E-state index contributed by atoms with van der Waals surface area (Å²) in [5.41, 5.74) is 2.71. The van der Waals surface area contributed by atoms with Crippen LogP contribution in [-0.2, 0) is 4.79 Å². The Hall–Kier alpha value is -2.95. The molecule has 0 N–H and O–H groups in total. The molecule has 1 atom stereocenters. The van der Waals surface area contributed by atoms with Crippen molar-refractivity contribution in [3.63, 3.8) is 0 Å². The maximum absolute atomic E-state index is 12.7. The third-order valence-electron chi connectivity index (χ3n) is 5.34. The number of fused-ring (bicyclic) bond motifs is 1. The Bertz CT molecular complexity index is 890. The Morgan fingerprint density at radius 2 is 1.62 bits per heavy atom. The molecule has 4 rings (SSSR count). The largest absolute Gasteiger partial charge is 0.496 e. The fourth-order valence-electron chi connectivity index (χ4n) is 3.75. The molecule has 0 saturated heterocycles. The topological polar surface area (TPSA) is 63.7 Å². The number of benzene rings is 2. The highest BCUT2D eigenvalue weighted by Gasteiger charge is 2.39. The number of hydrogen-bond donors (Lipinski definition) is 0. The predicted molar refractivity (Wildman–Crippen MR) is 95.3 cm³/mol. The molecule has 2 aliphatic rings. The van der Waals surface area contributed by atoms with Gasteiger partial charge in [0.1, 0.15) is 11.5 Å². The van der Waals surface area contributed by atoms with Crippen molar-refractivity contribution in [3.8, 4) is 5.75 Å². The number of hydrogen-bond acceptors (Lipinski definition) is 4. The summed E-state index contributed by atoms with van der Waals surface area (Å²) >= 11 is 0. The summed E-state index contributed by atoms with van der Waals surface area (Å²) in [5.74, 6) is 0.575. The lowest BCUT2D eigenvalue weighted by atomic mass is 9.78. The van der Waals surface area contributed by atoms with E-state index in [1.54, 1.807) is 31.4 Å². The zero-order chi connectivity index (χ0) is 18.4. The van der Waals surface area contributed by atoms with Crippen LogP contribution in [0.4, 0.5) is 0 Å². The minimum atomic E-state index is -0.450. The molecule has 2 amide bonds. The van der Waals surface area contributed by atoms with Gasteiger partial charge in [-0.2, -0.15) is 0 Å². The zero-order valence-corrected chi connectivity index (χ0v) is 14.7. The molecule has 26 heavy (non-hydrogen) atoms. The first kappa shape index (κ1) is 16.5. The van der Waals surface area contributed by atoms with Crippen LogP contribution < -0.4 is 4.74 Å². The van der Waals surface area contributed by atoms with Crippen molar-refractivity contribution in [2.75, 3.05) is 7.11 Å². The van der Waals surface area contributed by atoms with Gasteiger partial charge in [-0.05, 0) is 36.6 Å². The number of amides is 2. The van der Waals surface area contributed by atoms with Crippen LogP contribution >= 0.6 is 0 Å². The first-order valence-corrected chi connectivity index (χ1v) is 8.67. The van der Waals surface area contributed by atoms with Crippen molar-refractivity contribution in [1.82, 2.24) is 4.90 Å². The monoisotopic (exact) mass is 349 g/mol. The highest BCUT2D eigenvalue weighted by molar-refractivity contribution is 6.21. The zero-order valence-electron chi connectivity index (χ0n) is 14.7. The van der Waals surface area contributed by atoms with E-state index in [-0.39, 0.29) is 23.5 Å². The molecule has 0 aromatic heterocycles. The molecule has 132 valence electrons. The van der Waals surface area contributed by atoms with Crippen molar-refractivity contribution in [2.24, 2.45) is 0 Å². The Morgan fingerprint density at radius 1 is 1.00 bits per heavy atom. The van der Waals surface area contributed by atoms with Crippen LogP contribution in [-0.4, -0.2) is 29.6 Å². The first-order chi connectivity index (χ1) is 12.5. The minimum Gasteiger partial charge on any atom is -0.496 e. The van der Waals surface area contributed by atoms with Crippen LogP contribution in [0.1, 0.15) is 63.6 Å². The number of ether oxygens (including phenoxy) is 1. The molecule has 2 aromatic carbocycles. The molecule has 1 heterocycles. The fourth-order valence-corrected chi connectivity index (χ4v) is 3.75. The molecular formula is C21H19NO4. The second kappa shape index (κ2) is 6.09. The Balaban J connectivity index is 1.66. The van der Waals surface area contributed by atoms with Crippen molar-refractivity contribution in [3.05, 3.63) is 64.7 Å². The van der Waals surface area contributed by atoms with Gasteiger partial charge in [0.05, 0.1) is 24.3 Å². The van der Waals surface area contributed by atoms with Gasteiger partial charge < -0.3 is 4.74 Å². The van der Waals surface area contributed by atoms with Gasteiger partial charge in [0.25, 0.3) is 11.8 Å². The molecular weight excluding hydrogens is 330 g/mol. The van der Waals surface area contributed by atoms with Gasteiger partial charge in [0, 0.05) is 18.4 Å². The van der Waals surface area contributed by atoms with Gasteiger partial charge in [-0.15, -0.1) is 0 Å². The van der Waals surface area contributed by atoms with Crippen LogP contribution in [0.2, 0.25) is 0 Å². The molecule has 1 fully saturated rings.